The average molecular weight is 270 g/mol. The normalized spacial score (nSPS) is 11.9. The number of halogens is 1. The molecule has 1 N–H and O–H groups in total. The fourth-order valence-corrected chi connectivity index (χ4v) is 1.71. The summed E-state index contributed by atoms with van der Waals surface area (Å²) in [4.78, 5) is 11.7. The molecule has 0 saturated carbocycles. The third kappa shape index (κ3) is 5.41. The van der Waals surface area contributed by atoms with E-state index in [1.54, 1.807) is 7.11 Å². The summed E-state index contributed by atoms with van der Waals surface area (Å²) in [5, 5.41) is 3.01. The highest BCUT2D eigenvalue weighted by Crippen LogP contribution is 2.12. The Morgan fingerprint density at radius 2 is 2.28 bits per heavy atom. The molecule has 0 aliphatic carbocycles. The van der Waals surface area contributed by atoms with Crippen molar-refractivity contribution in [2.75, 3.05) is 13.7 Å². The Kier molecular flexibility index (Phi) is 6.58. The first kappa shape index (κ1) is 14.8. The summed E-state index contributed by atoms with van der Waals surface area (Å²) in [5.74, 6) is 0.787. The maximum Gasteiger partial charge on any atom is 0.224 e. The van der Waals surface area contributed by atoms with Gasteiger partial charge in [-0.15, -0.1) is 11.6 Å². The second-order valence-corrected chi connectivity index (χ2v) is 4.79. The van der Waals surface area contributed by atoms with E-state index in [1.807, 2.05) is 31.2 Å². The Hall–Kier alpha value is -1.22. The van der Waals surface area contributed by atoms with Crippen LogP contribution in [-0.4, -0.2) is 24.9 Å². The molecule has 1 rings (SSSR count). The van der Waals surface area contributed by atoms with Crippen molar-refractivity contribution in [2.45, 2.75) is 31.6 Å². The van der Waals surface area contributed by atoms with Gasteiger partial charge in [-0.2, -0.15) is 0 Å². The molecule has 0 bridgehead atoms. The number of alkyl halides is 1. The fourth-order valence-electron chi connectivity index (χ4n) is 1.60. The summed E-state index contributed by atoms with van der Waals surface area (Å²) in [7, 11) is 1.62. The Labute approximate surface area is 113 Å². The Morgan fingerprint density at radius 3 is 2.94 bits per heavy atom. The van der Waals surface area contributed by atoms with Crippen LogP contribution >= 0.6 is 11.6 Å². The Morgan fingerprint density at radius 1 is 1.50 bits per heavy atom. The number of benzene rings is 1. The SMILES string of the molecule is CCC(Cl)CCNC(=O)Cc1cccc(OC)c1. The molecule has 1 aromatic rings. The molecule has 0 aliphatic heterocycles. The monoisotopic (exact) mass is 269 g/mol. The molecule has 0 heterocycles. The van der Waals surface area contributed by atoms with Crippen LogP contribution in [0.3, 0.4) is 0 Å². The van der Waals surface area contributed by atoms with E-state index in [2.05, 4.69) is 5.32 Å². The molecule has 0 aromatic heterocycles. The van der Waals surface area contributed by atoms with Crippen molar-refractivity contribution in [2.24, 2.45) is 0 Å². The van der Waals surface area contributed by atoms with Crippen molar-refractivity contribution in [3.8, 4) is 5.75 Å². The lowest BCUT2D eigenvalue weighted by Gasteiger charge is -2.08. The Balaban J connectivity index is 2.35. The first-order valence-corrected chi connectivity index (χ1v) is 6.63. The van der Waals surface area contributed by atoms with Gasteiger partial charge in [0.05, 0.1) is 13.5 Å². The molecule has 1 amide bonds. The van der Waals surface area contributed by atoms with Gasteiger partial charge in [0.25, 0.3) is 0 Å². The fraction of sp³-hybridized carbons (Fsp3) is 0.500. The van der Waals surface area contributed by atoms with Crippen molar-refractivity contribution in [1.29, 1.82) is 0 Å². The van der Waals surface area contributed by atoms with Crippen LogP contribution in [0.4, 0.5) is 0 Å². The summed E-state index contributed by atoms with van der Waals surface area (Å²) < 4.78 is 5.11. The maximum atomic E-state index is 11.7. The first-order chi connectivity index (χ1) is 8.65. The molecular formula is C14H20ClNO2. The zero-order valence-corrected chi connectivity index (χ0v) is 11.7. The van der Waals surface area contributed by atoms with Crippen LogP contribution in [0.25, 0.3) is 0 Å². The molecule has 0 radical (unpaired) electrons. The predicted molar refractivity (Wildman–Crippen MR) is 74.3 cm³/mol. The van der Waals surface area contributed by atoms with Gasteiger partial charge in [0.1, 0.15) is 5.75 Å². The molecule has 4 heteroatoms. The van der Waals surface area contributed by atoms with Crippen molar-refractivity contribution in [1.82, 2.24) is 5.32 Å². The van der Waals surface area contributed by atoms with Crippen LogP contribution in [0.15, 0.2) is 24.3 Å². The summed E-state index contributed by atoms with van der Waals surface area (Å²) in [6.45, 7) is 2.67. The van der Waals surface area contributed by atoms with Crippen molar-refractivity contribution < 1.29 is 9.53 Å². The molecule has 0 fully saturated rings. The smallest absolute Gasteiger partial charge is 0.224 e. The summed E-state index contributed by atoms with van der Waals surface area (Å²) in [6, 6.07) is 7.53. The van der Waals surface area contributed by atoms with Crippen LogP contribution in [0.1, 0.15) is 25.3 Å². The molecule has 0 saturated heterocycles. The third-order valence-electron chi connectivity index (χ3n) is 2.72. The predicted octanol–water partition coefficient (Wildman–Crippen LogP) is 2.76. The van der Waals surface area contributed by atoms with Gasteiger partial charge >= 0.3 is 0 Å². The number of nitrogens with one attached hydrogen (secondary N) is 1. The number of methoxy groups -OCH3 is 1. The molecule has 0 aliphatic rings. The lowest BCUT2D eigenvalue weighted by molar-refractivity contribution is -0.120. The molecular weight excluding hydrogens is 250 g/mol. The minimum absolute atomic E-state index is 0.0169. The van der Waals surface area contributed by atoms with Gasteiger partial charge in [-0.05, 0) is 30.5 Å². The zero-order chi connectivity index (χ0) is 13.4. The number of hydrogen-bond donors (Lipinski definition) is 1. The van der Waals surface area contributed by atoms with Crippen molar-refractivity contribution >= 4 is 17.5 Å². The van der Waals surface area contributed by atoms with Crippen molar-refractivity contribution in [3.05, 3.63) is 29.8 Å². The van der Waals surface area contributed by atoms with E-state index in [9.17, 15) is 4.79 Å². The summed E-state index contributed by atoms with van der Waals surface area (Å²) >= 11 is 5.98. The van der Waals surface area contributed by atoms with Gasteiger partial charge in [-0.1, -0.05) is 19.1 Å². The van der Waals surface area contributed by atoms with Crippen LogP contribution in [0.2, 0.25) is 0 Å². The highest BCUT2D eigenvalue weighted by Gasteiger charge is 2.05. The van der Waals surface area contributed by atoms with E-state index in [0.717, 1.165) is 24.2 Å². The third-order valence-corrected chi connectivity index (χ3v) is 3.25. The molecule has 3 nitrogen and oxygen atoms in total. The standard InChI is InChI=1S/C14H20ClNO2/c1-3-12(15)7-8-16-14(17)10-11-5-4-6-13(9-11)18-2/h4-6,9,12H,3,7-8,10H2,1-2H3,(H,16,17). The molecule has 1 aromatic carbocycles. The Bertz CT molecular complexity index is 382. The van der Waals surface area contributed by atoms with E-state index in [4.69, 9.17) is 16.3 Å². The largest absolute Gasteiger partial charge is 0.497 e. The highest BCUT2D eigenvalue weighted by molar-refractivity contribution is 6.20. The van der Waals surface area contributed by atoms with Gasteiger partial charge in [0.15, 0.2) is 0 Å². The lowest BCUT2D eigenvalue weighted by atomic mass is 10.1. The average Bonchev–Trinajstić information content (AvgIpc) is 2.38. The minimum atomic E-state index is 0.0169. The van der Waals surface area contributed by atoms with Gasteiger partial charge in [0, 0.05) is 11.9 Å². The molecule has 18 heavy (non-hydrogen) atoms. The molecule has 0 spiro atoms. The summed E-state index contributed by atoms with van der Waals surface area (Å²) in [6.07, 6.45) is 2.10. The van der Waals surface area contributed by atoms with Gasteiger partial charge < -0.3 is 10.1 Å². The first-order valence-electron chi connectivity index (χ1n) is 6.19. The van der Waals surface area contributed by atoms with Gasteiger partial charge in [-0.3, -0.25) is 4.79 Å². The van der Waals surface area contributed by atoms with E-state index in [1.165, 1.54) is 0 Å². The number of ether oxygens (including phenoxy) is 1. The van der Waals surface area contributed by atoms with Crippen LogP contribution in [-0.2, 0) is 11.2 Å². The van der Waals surface area contributed by atoms with Gasteiger partial charge in [0.2, 0.25) is 5.91 Å². The zero-order valence-electron chi connectivity index (χ0n) is 10.9. The molecule has 100 valence electrons. The van der Waals surface area contributed by atoms with Crippen LogP contribution < -0.4 is 10.1 Å². The second-order valence-electron chi connectivity index (χ2n) is 4.17. The van der Waals surface area contributed by atoms with Crippen molar-refractivity contribution in [3.63, 3.8) is 0 Å². The quantitative estimate of drug-likeness (QED) is 0.773. The number of hydrogen-bond acceptors (Lipinski definition) is 2. The number of carbonyl (C=O) groups is 1. The number of rotatable bonds is 7. The molecule has 1 unspecified atom stereocenters. The van der Waals surface area contributed by atoms with Crippen LogP contribution in [0.5, 0.6) is 5.75 Å². The molecule has 1 atom stereocenters. The lowest BCUT2D eigenvalue weighted by Crippen LogP contribution is -2.27. The summed E-state index contributed by atoms with van der Waals surface area (Å²) in [5.41, 5.74) is 0.949. The second kappa shape index (κ2) is 7.98. The minimum Gasteiger partial charge on any atom is -0.497 e. The van der Waals surface area contributed by atoms with E-state index in [-0.39, 0.29) is 11.3 Å². The topological polar surface area (TPSA) is 38.3 Å². The highest BCUT2D eigenvalue weighted by atomic mass is 35.5. The van der Waals surface area contributed by atoms with E-state index >= 15 is 0 Å². The van der Waals surface area contributed by atoms with Gasteiger partial charge in [-0.25, -0.2) is 0 Å². The number of amides is 1. The van der Waals surface area contributed by atoms with Crippen LogP contribution in [0, 0.1) is 0 Å². The number of carbonyl (C=O) groups excluding carboxylic acids is 1. The van der Waals surface area contributed by atoms with E-state index < -0.39 is 0 Å². The maximum absolute atomic E-state index is 11.7. The van der Waals surface area contributed by atoms with E-state index in [0.29, 0.717) is 13.0 Å².